The summed E-state index contributed by atoms with van der Waals surface area (Å²) in [4.78, 5) is 10.5. The van der Waals surface area contributed by atoms with E-state index in [1.54, 1.807) is 13.8 Å². The quantitative estimate of drug-likeness (QED) is 0.490. The topological polar surface area (TPSA) is 46.5 Å². The number of cyclic esters (lactones) is 1. The Labute approximate surface area is 52.9 Å². The molecule has 0 aliphatic carbocycles. The van der Waals surface area contributed by atoms with E-state index in [0.717, 1.165) is 0 Å². The summed E-state index contributed by atoms with van der Waals surface area (Å²) in [5.41, 5.74) is 0.611. The molecule has 0 aromatic rings. The highest BCUT2D eigenvalue weighted by Crippen LogP contribution is 2.18. The van der Waals surface area contributed by atoms with Crippen LogP contribution in [0.3, 0.4) is 0 Å². The van der Waals surface area contributed by atoms with Gasteiger partial charge in [0.05, 0.1) is 0 Å². The lowest BCUT2D eigenvalue weighted by Gasteiger charge is -1.99. The van der Waals surface area contributed by atoms with Crippen molar-refractivity contribution in [1.82, 2.24) is 0 Å². The third-order valence-corrected chi connectivity index (χ3v) is 1.46. The molecule has 0 unspecified atom stereocenters. The van der Waals surface area contributed by atoms with Gasteiger partial charge in [0, 0.05) is 5.57 Å². The molecule has 9 heavy (non-hydrogen) atoms. The maximum atomic E-state index is 10.5. The van der Waals surface area contributed by atoms with E-state index in [4.69, 9.17) is 5.11 Å². The predicted octanol–water partition coefficient (Wildman–Crippen LogP) is 0.764. The molecule has 0 aromatic heterocycles. The van der Waals surface area contributed by atoms with Crippen molar-refractivity contribution in [3.05, 3.63) is 11.3 Å². The number of aliphatic hydroxyl groups is 1. The van der Waals surface area contributed by atoms with Gasteiger partial charge in [-0.2, -0.15) is 0 Å². The van der Waals surface area contributed by atoms with Crippen molar-refractivity contribution in [3.63, 3.8) is 0 Å². The number of carbonyl (C=O) groups is 1. The monoisotopic (exact) mass is 128 g/mol. The number of ether oxygens (including phenoxy) is 1. The number of hydrogen-bond donors (Lipinski definition) is 1. The van der Waals surface area contributed by atoms with Crippen molar-refractivity contribution in [1.29, 1.82) is 0 Å². The van der Waals surface area contributed by atoms with E-state index in [-0.39, 0.29) is 11.9 Å². The summed E-state index contributed by atoms with van der Waals surface area (Å²) < 4.78 is 4.62. The van der Waals surface area contributed by atoms with Gasteiger partial charge in [-0.15, -0.1) is 0 Å². The summed E-state index contributed by atoms with van der Waals surface area (Å²) in [6.45, 7) is 3.39. The van der Waals surface area contributed by atoms with Crippen LogP contribution in [0.4, 0.5) is 0 Å². The van der Waals surface area contributed by atoms with Crippen molar-refractivity contribution in [2.24, 2.45) is 0 Å². The molecule has 1 aliphatic rings. The van der Waals surface area contributed by atoms with Crippen LogP contribution in [-0.4, -0.2) is 17.2 Å². The molecule has 0 fully saturated rings. The molecule has 3 nitrogen and oxygen atoms in total. The zero-order valence-corrected chi connectivity index (χ0v) is 5.34. The second-order valence-electron chi connectivity index (χ2n) is 2.08. The maximum absolute atomic E-state index is 10.5. The second-order valence-corrected chi connectivity index (χ2v) is 2.08. The molecule has 0 aromatic carbocycles. The Morgan fingerprint density at radius 1 is 1.67 bits per heavy atom. The fraction of sp³-hybridized carbons (Fsp3) is 0.500. The first kappa shape index (κ1) is 6.13. The molecule has 3 heteroatoms. The van der Waals surface area contributed by atoms with Gasteiger partial charge in [0.15, 0.2) is 0 Å². The third kappa shape index (κ3) is 0.781. The normalized spacial score (nSPS) is 26.9. The standard InChI is InChI=1S/C6H8O3/c1-3-4(2)9-6(8)5(3)7/h4,7H,1-2H3/t4-/m1/s1. The van der Waals surface area contributed by atoms with E-state index in [1.807, 2.05) is 0 Å². The highest BCUT2D eigenvalue weighted by molar-refractivity contribution is 5.89. The molecule has 0 radical (unpaired) electrons. The highest BCUT2D eigenvalue weighted by atomic mass is 16.6. The van der Waals surface area contributed by atoms with E-state index in [1.165, 1.54) is 0 Å². The highest BCUT2D eigenvalue weighted by Gasteiger charge is 2.27. The van der Waals surface area contributed by atoms with Crippen LogP contribution in [0.1, 0.15) is 13.8 Å². The fourth-order valence-corrected chi connectivity index (χ4v) is 0.658. The van der Waals surface area contributed by atoms with Gasteiger partial charge in [-0.25, -0.2) is 4.79 Å². The van der Waals surface area contributed by atoms with Crippen LogP contribution in [0.25, 0.3) is 0 Å². The van der Waals surface area contributed by atoms with Gasteiger partial charge in [0.1, 0.15) is 6.10 Å². The molecule has 1 rings (SSSR count). The Hall–Kier alpha value is -0.990. The zero-order valence-electron chi connectivity index (χ0n) is 5.34. The first-order chi connectivity index (χ1) is 4.13. The van der Waals surface area contributed by atoms with E-state index < -0.39 is 5.97 Å². The van der Waals surface area contributed by atoms with Crippen LogP contribution >= 0.6 is 0 Å². The minimum Gasteiger partial charge on any atom is -0.502 e. The van der Waals surface area contributed by atoms with E-state index in [9.17, 15) is 4.79 Å². The summed E-state index contributed by atoms with van der Waals surface area (Å²) in [6.07, 6.45) is -0.252. The molecule has 1 N–H and O–H groups in total. The largest absolute Gasteiger partial charge is 0.502 e. The smallest absolute Gasteiger partial charge is 0.374 e. The fourth-order valence-electron chi connectivity index (χ4n) is 0.658. The van der Waals surface area contributed by atoms with Gasteiger partial charge < -0.3 is 9.84 Å². The molecule has 1 heterocycles. The van der Waals surface area contributed by atoms with E-state index in [0.29, 0.717) is 5.57 Å². The minimum atomic E-state index is -0.611. The van der Waals surface area contributed by atoms with Crippen molar-refractivity contribution in [2.45, 2.75) is 20.0 Å². The number of aliphatic hydroxyl groups excluding tert-OH is 1. The van der Waals surface area contributed by atoms with Gasteiger partial charge >= 0.3 is 5.97 Å². The molecule has 1 aliphatic heterocycles. The Morgan fingerprint density at radius 2 is 2.22 bits per heavy atom. The summed E-state index contributed by atoms with van der Waals surface area (Å²) in [7, 11) is 0. The molecular formula is C6H8O3. The van der Waals surface area contributed by atoms with E-state index in [2.05, 4.69) is 4.74 Å². The van der Waals surface area contributed by atoms with Gasteiger partial charge in [0.25, 0.3) is 0 Å². The first-order valence-electron chi connectivity index (χ1n) is 2.73. The number of rotatable bonds is 0. The van der Waals surface area contributed by atoms with Gasteiger partial charge in [-0.05, 0) is 13.8 Å². The van der Waals surface area contributed by atoms with Crippen LogP contribution in [0, 0.1) is 0 Å². The van der Waals surface area contributed by atoms with Crippen molar-refractivity contribution in [2.75, 3.05) is 0 Å². The Morgan fingerprint density at radius 3 is 2.33 bits per heavy atom. The van der Waals surface area contributed by atoms with E-state index >= 15 is 0 Å². The number of carbonyl (C=O) groups excluding carboxylic acids is 1. The Bertz CT molecular complexity index is 181. The SMILES string of the molecule is CC1=C(O)C(=O)O[C@@H]1C. The lowest BCUT2D eigenvalue weighted by Crippen LogP contribution is -2.04. The van der Waals surface area contributed by atoms with Gasteiger partial charge in [-0.1, -0.05) is 0 Å². The number of hydrogen-bond acceptors (Lipinski definition) is 3. The van der Waals surface area contributed by atoms with Gasteiger partial charge in [0.2, 0.25) is 5.76 Å². The van der Waals surface area contributed by atoms with Crippen LogP contribution < -0.4 is 0 Å². The molecule has 0 saturated heterocycles. The lowest BCUT2D eigenvalue weighted by molar-refractivity contribution is -0.141. The zero-order chi connectivity index (χ0) is 7.02. The summed E-state index contributed by atoms with van der Waals surface area (Å²) in [5.74, 6) is -0.845. The van der Waals surface area contributed by atoms with Crippen LogP contribution in [0.2, 0.25) is 0 Å². The Balaban J connectivity index is 2.92. The summed E-state index contributed by atoms with van der Waals surface area (Å²) >= 11 is 0. The molecular weight excluding hydrogens is 120 g/mol. The average Bonchev–Trinajstić information content (AvgIpc) is 1.98. The van der Waals surface area contributed by atoms with Crippen molar-refractivity contribution < 1.29 is 14.6 Å². The predicted molar refractivity (Wildman–Crippen MR) is 30.9 cm³/mol. The van der Waals surface area contributed by atoms with Crippen LogP contribution in [0.5, 0.6) is 0 Å². The molecule has 0 spiro atoms. The molecule has 50 valence electrons. The lowest BCUT2D eigenvalue weighted by atomic mass is 10.2. The first-order valence-corrected chi connectivity index (χ1v) is 2.73. The van der Waals surface area contributed by atoms with Crippen molar-refractivity contribution >= 4 is 5.97 Å². The van der Waals surface area contributed by atoms with Crippen LogP contribution in [-0.2, 0) is 9.53 Å². The van der Waals surface area contributed by atoms with Gasteiger partial charge in [-0.3, -0.25) is 0 Å². The molecule has 0 amide bonds. The second kappa shape index (κ2) is 1.76. The molecule has 0 bridgehead atoms. The maximum Gasteiger partial charge on any atom is 0.374 e. The molecule has 0 saturated carbocycles. The summed E-state index contributed by atoms with van der Waals surface area (Å²) in [6, 6.07) is 0. The third-order valence-electron chi connectivity index (χ3n) is 1.46. The Kier molecular flexibility index (Phi) is 1.20. The summed E-state index contributed by atoms with van der Waals surface area (Å²) in [5, 5.41) is 8.84. The minimum absolute atomic E-state index is 0.234. The molecule has 1 atom stereocenters. The van der Waals surface area contributed by atoms with Crippen LogP contribution in [0.15, 0.2) is 11.3 Å². The average molecular weight is 128 g/mol. The van der Waals surface area contributed by atoms with Crippen molar-refractivity contribution in [3.8, 4) is 0 Å². The number of esters is 1.